The van der Waals surface area contributed by atoms with Crippen molar-refractivity contribution in [3.05, 3.63) is 35.4 Å². The van der Waals surface area contributed by atoms with Crippen molar-refractivity contribution in [2.24, 2.45) is 0 Å². The molecule has 30 heavy (non-hydrogen) atoms. The second-order valence-electron chi connectivity index (χ2n) is 6.87. The molecule has 13 heteroatoms. The largest absolute Gasteiger partial charge is 0.432 e. The van der Waals surface area contributed by atoms with E-state index in [9.17, 15) is 18.9 Å². The van der Waals surface area contributed by atoms with Gasteiger partial charge in [0.05, 0.1) is 18.2 Å². The van der Waals surface area contributed by atoms with Gasteiger partial charge in [0.2, 0.25) is 0 Å². The van der Waals surface area contributed by atoms with Crippen LogP contribution in [-0.2, 0) is 19.0 Å². The van der Waals surface area contributed by atoms with Gasteiger partial charge < -0.3 is 30.6 Å². The van der Waals surface area contributed by atoms with E-state index >= 15 is 0 Å². The van der Waals surface area contributed by atoms with E-state index in [2.05, 4.69) is 16.0 Å². The molecular formula is C17H21N4O7PS. The molecular weight excluding hydrogens is 435 g/mol. The first-order valence-electron chi connectivity index (χ1n) is 9.17. The van der Waals surface area contributed by atoms with E-state index in [1.54, 1.807) is 6.07 Å². The van der Waals surface area contributed by atoms with Gasteiger partial charge in [0.1, 0.15) is 0 Å². The Hall–Kier alpha value is -2.53. The Kier molecular flexibility index (Phi) is 6.71. The zero-order valence-electron chi connectivity index (χ0n) is 15.7. The predicted octanol–water partition coefficient (Wildman–Crippen LogP) is 0.604. The molecule has 1 saturated heterocycles. The zero-order valence-corrected chi connectivity index (χ0v) is 17.4. The summed E-state index contributed by atoms with van der Waals surface area (Å²) in [6.07, 6.45) is -0.962. The maximum absolute atomic E-state index is 12.3. The summed E-state index contributed by atoms with van der Waals surface area (Å²) in [5.41, 5.74) is 1.64. The van der Waals surface area contributed by atoms with Gasteiger partial charge in [0, 0.05) is 19.4 Å². The molecule has 5 N–H and O–H groups in total. The van der Waals surface area contributed by atoms with Crippen LogP contribution in [-0.4, -0.2) is 50.6 Å². The van der Waals surface area contributed by atoms with Gasteiger partial charge in [-0.25, -0.2) is 4.79 Å². The Labute approximate surface area is 177 Å². The summed E-state index contributed by atoms with van der Waals surface area (Å²) in [5.74, 6) is -1.14. The maximum Gasteiger partial charge on any atom is 0.432 e. The number of nitrogens with zero attached hydrogens (tertiary/aromatic N) is 1. The van der Waals surface area contributed by atoms with E-state index in [-0.39, 0.29) is 37.1 Å². The van der Waals surface area contributed by atoms with Crippen LogP contribution in [0.4, 0.5) is 4.79 Å². The van der Waals surface area contributed by atoms with E-state index < -0.39 is 37.6 Å². The predicted molar refractivity (Wildman–Crippen MR) is 108 cm³/mol. The van der Waals surface area contributed by atoms with Gasteiger partial charge in [-0.3, -0.25) is 14.2 Å². The highest BCUT2D eigenvalue weighted by atomic mass is 32.1. The third-order valence-corrected chi connectivity index (χ3v) is 5.77. The number of carbonyl (C=O) groups excluding carboxylic acids is 3. The first-order valence-corrected chi connectivity index (χ1v) is 11.4. The summed E-state index contributed by atoms with van der Waals surface area (Å²) < 4.78 is 10.9. The number of rotatable bonds is 7. The van der Waals surface area contributed by atoms with Crippen molar-refractivity contribution in [3.63, 3.8) is 0 Å². The minimum Gasteiger partial charge on any atom is -0.363 e. The molecule has 1 aromatic rings. The smallest absolute Gasteiger partial charge is 0.363 e. The minimum absolute atomic E-state index is 0.00244. The highest BCUT2D eigenvalue weighted by Gasteiger charge is 2.36. The van der Waals surface area contributed by atoms with E-state index in [0.717, 1.165) is 11.1 Å². The molecule has 3 amide bonds. The molecule has 2 bridgehead atoms. The number of amides is 3. The summed E-state index contributed by atoms with van der Waals surface area (Å²) in [4.78, 5) is 58.2. The molecule has 1 fully saturated rings. The SMILES string of the molecule is O=C(NC1c2cccc(c2)C1NC(=S)NCCCP(=O)(O)O)ON1C(=O)CCC1=O. The summed E-state index contributed by atoms with van der Waals surface area (Å²) in [6.45, 7) is 0.264. The number of hydrogen-bond donors (Lipinski definition) is 5. The summed E-state index contributed by atoms with van der Waals surface area (Å²) in [5, 5.41) is 9.29. The summed E-state index contributed by atoms with van der Waals surface area (Å²) in [7, 11) is -4.06. The minimum atomic E-state index is -4.06. The second kappa shape index (κ2) is 9.09. The Balaban J connectivity index is 1.57. The van der Waals surface area contributed by atoms with Crippen LogP contribution < -0.4 is 16.0 Å². The van der Waals surface area contributed by atoms with Gasteiger partial charge in [-0.1, -0.05) is 24.3 Å². The molecule has 1 heterocycles. The zero-order chi connectivity index (χ0) is 21.9. The van der Waals surface area contributed by atoms with Crippen LogP contribution >= 0.6 is 19.8 Å². The average molecular weight is 456 g/mol. The first kappa shape index (κ1) is 22.2. The van der Waals surface area contributed by atoms with Crippen LogP contribution in [0.15, 0.2) is 24.3 Å². The van der Waals surface area contributed by atoms with Gasteiger partial charge in [-0.2, -0.15) is 0 Å². The molecule has 0 radical (unpaired) electrons. The molecule has 2 unspecified atom stereocenters. The fraction of sp³-hybridized carbons (Fsp3) is 0.412. The lowest BCUT2D eigenvalue weighted by atomic mass is 10.1. The second-order valence-corrected chi connectivity index (χ2v) is 9.06. The van der Waals surface area contributed by atoms with Crippen LogP contribution in [0.3, 0.4) is 0 Å². The molecule has 3 rings (SSSR count). The number of carbonyl (C=O) groups is 3. The Bertz CT molecular complexity index is 905. The first-order chi connectivity index (χ1) is 14.1. The number of benzene rings is 1. The summed E-state index contributed by atoms with van der Waals surface area (Å²) in [6, 6.07) is 6.33. The van der Waals surface area contributed by atoms with E-state index in [4.69, 9.17) is 26.8 Å². The molecule has 162 valence electrons. The molecule has 2 aliphatic rings. The molecule has 11 nitrogen and oxygen atoms in total. The highest BCUT2D eigenvalue weighted by molar-refractivity contribution is 7.80. The molecule has 2 atom stereocenters. The van der Waals surface area contributed by atoms with E-state index in [0.29, 0.717) is 5.06 Å². The number of thiocarbonyl (C=S) groups is 1. The standard InChI is InChI=1S/C17H21N4O7PS/c22-12-5-6-13(23)21(12)28-17(24)20-15-11-4-1-3-10(9-11)14(15)19-16(30)18-7-2-8-29(25,26)27/h1,3-4,9,14-15H,2,5-8H2,(H,20,24)(H2,18,19,30)(H2,25,26,27). The van der Waals surface area contributed by atoms with Gasteiger partial charge in [-0.15, -0.1) is 5.06 Å². The van der Waals surface area contributed by atoms with Gasteiger partial charge >= 0.3 is 13.7 Å². The Morgan fingerprint density at radius 2 is 1.77 bits per heavy atom. The van der Waals surface area contributed by atoms with Crippen molar-refractivity contribution in [1.82, 2.24) is 21.0 Å². The lowest BCUT2D eigenvalue weighted by Crippen LogP contribution is -2.44. The number of fused-ring (bicyclic) bond motifs is 2. The summed E-state index contributed by atoms with van der Waals surface area (Å²) >= 11 is 5.24. The molecule has 1 aromatic carbocycles. The van der Waals surface area contributed by atoms with Gasteiger partial charge in [0.25, 0.3) is 11.8 Å². The number of hydroxylamine groups is 2. The highest BCUT2D eigenvalue weighted by Crippen LogP contribution is 2.37. The average Bonchev–Trinajstić information content (AvgIpc) is 3.09. The molecule has 0 spiro atoms. The number of nitrogens with one attached hydrogen (secondary N) is 3. The lowest BCUT2D eigenvalue weighted by molar-refractivity contribution is -0.171. The van der Waals surface area contributed by atoms with Crippen molar-refractivity contribution < 1.29 is 33.6 Å². The fourth-order valence-corrected chi connectivity index (χ4v) is 4.04. The van der Waals surface area contributed by atoms with Crippen LogP contribution in [0, 0.1) is 0 Å². The monoisotopic (exact) mass is 456 g/mol. The van der Waals surface area contributed by atoms with Gasteiger partial charge in [0.15, 0.2) is 5.11 Å². The van der Waals surface area contributed by atoms with Crippen LogP contribution in [0.25, 0.3) is 0 Å². The molecule has 1 aliphatic carbocycles. The van der Waals surface area contributed by atoms with Crippen molar-refractivity contribution in [3.8, 4) is 0 Å². The third-order valence-electron chi connectivity index (χ3n) is 4.61. The van der Waals surface area contributed by atoms with Crippen molar-refractivity contribution in [2.45, 2.75) is 31.3 Å². The van der Waals surface area contributed by atoms with Crippen LogP contribution in [0.2, 0.25) is 0 Å². The van der Waals surface area contributed by atoms with Crippen molar-refractivity contribution >= 4 is 42.8 Å². The molecule has 0 aromatic heterocycles. The topological polar surface area (TPSA) is 157 Å². The van der Waals surface area contributed by atoms with E-state index in [1.165, 1.54) is 0 Å². The van der Waals surface area contributed by atoms with Crippen LogP contribution in [0.5, 0.6) is 0 Å². The van der Waals surface area contributed by atoms with Crippen LogP contribution in [0.1, 0.15) is 42.5 Å². The Morgan fingerprint density at radius 1 is 1.17 bits per heavy atom. The molecule has 0 saturated carbocycles. The lowest BCUT2D eigenvalue weighted by Gasteiger charge is -2.25. The van der Waals surface area contributed by atoms with Crippen molar-refractivity contribution in [2.75, 3.05) is 12.7 Å². The Morgan fingerprint density at radius 3 is 2.37 bits per heavy atom. The number of imide groups is 1. The molecule has 1 aliphatic heterocycles. The third kappa shape index (κ3) is 5.54. The number of hydrogen-bond acceptors (Lipinski definition) is 6. The normalized spacial score (nSPS) is 20.3. The van der Waals surface area contributed by atoms with Crippen molar-refractivity contribution in [1.29, 1.82) is 0 Å². The van der Waals surface area contributed by atoms with Gasteiger partial charge in [-0.05, 0) is 29.8 Å². The maximum atomic E-state index is 12.3. The van der Waals surface area contributed by atoms with E-state index in [1.807, 2.05) is 18.2 Å². The fourth-order valence-electron chi connectivity index (χ4n) is 3.24. The quantitative estimate of drug-likeness (QED) is 0.170.